The highest BCUT2D eigenvalue weighted by Crippen LogP contribution is 2.31. The molecule has 0 saturated carbocycles. The average Bonchev–Trinajstić information content (AvgIpc) is 2.73. The van der Waals surface area contributed by atoms with E-state index in [0.29, 0.717) is 11.1 Å². The van der Waals surface area contributed by atoms with Crippen LogP contribution in [0.15, 0.2) is 83.8 Å². The molecular weight excluding hydrogens is 388 g/mol. The van der Waals surface area contributed by atoms with Crippen LogP contribution in [0.3, 0.4) is 0 Å². The number of rotatable bonds is 7. The van der Waals surface area contributed by atoms with E-state index in [1.54, 1.807) is 48.5 Å². The number of carbonyl (C=O) groups is 1. The van der Waals surface area contributed by atoms with Crippen molar-refractivity contribution in [2.45, 2.75) is 11.8 Å². The zero-order valence-electron chi connectivity index (χ0n) is 16.0. The van der Waals surface area contributed by atoms with Crippen LogP contribution in [0.2, 0.25) is 0 Å². The Labute approximate surface area is 170 Å². The third kappa shape index (κ3) is 5.12. The van der Waals surface area contributed by atoms with Crippen LogP contribution in [0.1, 0.15) is 21.5 Å². The van der Waals surface area contributed by atoms with Crippen molar-refractivity contribution in [1.29, 1.82) is 0 Å². The summed E-state index contributed by atoms with van der Waals surface area (Å²) in [4.78, 5) is 12.3. The molecule has 0 aliphatic rings. The van der Waals surface area contributed by atoms with Gasteiger partial charge in [-0.1, -0.05) is 60.2 Å². The van der Waals surface area contributed by atoms with E-state index in [9.17, 15) is 13.2 Å². The second-order valence-electron chi connectivity index (χ2n) is 6.32. The smallest absolute Gasteiger partial charge is 0.339 e. The largest absolute Gasteiger partial charge is 0.493 e. The van der Waals surface area contributed by atoms with E-state index in [1.807, 2.05) is 19.1 Å². The fourth-order valence-corrected chi connectivity index (χ4v) is 3.56. The second kappa shape index (κ2) is 8.75. The quantitative estimate of drug-likeness (QED) is 0.323. The highest BCUT2D eigenvalue weighted by atomic mass is 32.2. The number of ether oxygens (including phenoxy) is 1. The monoisotopic (exact) mass is 408 g/mol. The number of methoxy groups -OCH3 is 1. The molecule has 0 heterocycles. The summed E-state index contributed by atoms with van der Waals surface area (Å²) in [5, 5.41) is 0. The lowest BCUT2D eigenvalue weighted by atomic mass is 10.1. The molecule has 0 fully saturated rings. The zero-order valence-corrected chi connectivity index (χ0v) is 16.8. The highest BCUT2D eigenvalue weighted by molar-refractivity contribution is 7.87. The van der Waals surface area contributed by atoms with Gasteiger partial charge in [0.1, 0.15) is 4.90 Å². The number of hydrogen-bond acceptors (Lipinski definition) is 5. The predicted molar refractivity (Wildman–Crippen MR) is 112 cm³/mol. The summed E-state index contributed by atoms with van der Waals surface area (Å²) in [5.41, 5.74) is 2.34. The maximum Gasteiger partial charge on any atom is 0.339 e. The summed E-state index contributed by atoms with van der Waals surface area (Å²) in [6.07, 6.45) is 3.10. The van der Waals surface area contributed by atoms with Crippen LogP contribution in [0, 0.1) is 6.92 Å². The standard InChI is InChI=1S/C23H20O5S/c1-17-8-12-19(13-9-17)21(24)14-10-18-11-15-22(23(16-18)27-2)28-29(25,26)20-6-4-3-5-7-20/h3-16H,1-2H3/b14-10+. The topological polar surface area (TPSA) is 69.7 Å². The zero-order chi connectivity index (χ0) is 20.9. The van der Waals surface area contributed by atoms with Gasteiger partial charge in [0.05, 0.1) is 7.11 Å². The van der Waals surface area contributed by atoms with Gasteiger partial charge in [-0.2, -0.15) is 8.42 Å². The van der Waals surface area contributed by atoms with Crippen molar-refractivity contribution in [3.63, 3.8) is 0 Å². The molecule has 0 aliphatic carbocycles. The molecule has 0 aromatic heterocycles. The van der Waals surface area contributed by atoms with Gasteiger partial charge in [0.15, 0.2) is 17.3 Å². The summed E-state index contributed by atoms with van der Waals surface area (Å²) < 4.78 is 35.3. The van der Waals surface area contributed by atoms with E-state index in [-0.39, 0.29) is 22.2 Å². The van der Waals surface area contributed by atoms with Gasteiger partial charge < -0.3 is 8.92 Å². The normalized spacial score (nSPS) is 11.4. The van der Waals surface area contributed by atoms with Crippen molar-refractivity contribution >= 4 is 22.0 Å². The molecule has 0 N–H and O–H groups in total. The van der Waals surface area contributed by atoms with Crippen molar-refractivity contribution in [2.24, 2.45) is 0 Å². The molecule has 0 amide bonds. The van der Waals surface area contributed by atoms with Gasteiger partial charge in [0.25, 0.3) is 0 Å². The van der Waals surface area contributed by atoms with Gasteiger partial charge >= 0.3 is 10.1 Å². The van der Waals surface area contributed by atoms with Gasteiger partial charge in [0, 0.05) is 5.56 Å². The van der Waals surface area contributed by atoms with Crippen LogP contribution in [0.4, 0.5) is 0 Å². The maximum atomic E-state index is 12.4. The van der Waals surface area contributed by atoms with E-state index >= 15 is 0 Å². The van der Waals surface area contributed by atoms with Crippen LogP contribution >= 0.6 is 0 Å². The average molecular weight is 408 g/mol. The molecule has 148 valence electrons. The Kier molecular flexibility index (Phi) is 6.14. The Morgan fingerprint density at radius 3 is 2.24 bits per heavy atom. The van der Waals surface area contributed by atoms with E-state index in [0.717, 1.165) is 5.56 Å². The predicted octanol–water partition coefficient (Wildman–Crippen LogP) is 4.67. The van der Waals surface area contributed by atoms with Crippen molar-refractivity contribution in [1.82, 2.24) is 0 Å². The fourth-order valence-electron chi connectivity index (χ4n) is 2.60. The highest BCUT2D eigenvalue weighted by Gasteiger charge is 2.18. The van der Waals surface area contributed by atoms with E-state index in [1.165, 1.54) is 31.4 Å². The first-order valence-corrected chi connectivity index (χ1v) is 10.3. The third-order valence-corrected chi connectivity index (χ3v) is 5.43. The molecule has 0 spiro atoms. The molecule has 0 aliphatic heterocycles. The van der Waals surface area contributed by atoms with E-state index in [2.05, 4.69) is 0 Å². The van der Waals surface area contributed by atoms with Gasteiger partial charge in [-0.15, -0.1) is 0 Å². The molecule has 0 unspecified atom stereocenters. The molecule has 5 nitrogen and oxygen atoms in total. The third-order valence-electron chi connectivity index (χ3n) is 4.18. The Hall–Kier alpha value is -3.38. The second-order valence-corrected chi connectivity index (χ2v) is 7.87. The van der Waals surface area contributed by atoms with Gasteiger partial charge in [0.2, 0.25) is 0 Å². The van der Waals surface area contributed by atoms with Crippen LogP contribution in [0.5, 0.6) is 11.5 Å². The van der Waals surface area contributed by atoms with E-state index < -0.39 is 10.1 Å². The molecular formula is C23H20O5S. The first-order chi connectivity index (χ1) is 13.9. The van der Waals surface area contributed by atoms with Crippen molar-refractivity contribution in [3.05, 3.63) is 95.6 Å². The lowest BCUT2D eigenvalue weighted by Crippen LogP contribution is -2.10. The fraction of sp³-hybridized carbons (Fsp3) is 0.0870. The van der Waals surface area contributed by atoms with Crippen LogP contribution in [-0.2, 0) is 10.1 Å². The Morgan fingerprint density at radius 1 is 0.897 bits per heavy atom. The number of carbonyl (C=O) groups excluding carboxylic acids is 1. The SMILES string of the molecule is COc1cc(/C=C/C(=O)c2ccc(C)cc2)ccc1OS(=O)(=O)c1ccccc1. The van der Waals surface area contributed by atoms with Crippen LogP contribution in [-0.4, -0.2) is 21.3 Å². The molecule has 3 rings (SSSR count). The summed E-state index contributed by atoms with van der Waals surface area (Å²) in [5.74, 6) is 0.184. The van der Waals surface area contributed by atoms with Crippen molar-refractivity contribution in [3.8, 4) is 11.5 Å². The minimum absolute atomic E-state index is 0.0507. The molecule has 29 heavy (non-hydrogen) atoms. The number of allylic oxidation sites excluding steroid dienone is 1. The Bertz CT molecular complexity index is 1130. The first-order valence-electron chi connectivity index (χ1n) is 8.86. The Morgan fingerprint density at radius 2 is 1.59 bits per heavy atom. The van der Waals surface area contributed by atoms with Crippen molar-refractivity contribution in [2.75, 3.05) is 7.11 Å². The summed E-state index contributed by atoms with van der Waals surface area (Å²) in [6, 6.07) is 19.9. The molecule has 3 aromatic carbocycles. The summed E-state index contributed by atoms with van der Waals surface area (Å²) in [7, 11) is -2.56. The summed E-state index contributed by atoms with van der Waals surface area (Å²) >= 11 is 0. The summed E-state index contributed by atoms with van der Waals surface area (Å²) in [6.45, 7) is 1.96. The minimum atomic E-state index is -3.98. The molecule has 0 atom stereocenters. The maximum absolute atomic E-state index is 12.4. The number of hydrogen-bond donors (Lipinski definition) is 0. The first kappa shape index (κ1) is 20.4. The molecule has 0 saturated heterocycles. The molecule has 0 bridgehead atoms. The van der Waals surface area contributed by atoms with Gasteiger partial charge in [-0.3, -0.25) is 4.79 Å². The Balaban J connectivity index is 1.80. The van der Waals surface area contributed by atoms with E-state index in [4.69, 9.17) is 8.92 Å². The van der Waals surface area contributed by atoms with Crippen molar-refractivity contribution < 1.29 is 22.1 Å². The number of benzene rings is 3. The minimum Gasteiger partial charge on any atom is -0.493 e. The lowest BCUT2D eigenvalue weighted by molar-refractivity contribution is 0.104. The molecule has 0 radical (unpaired) electrons. The molecule has 3 aromatic rings. The lowest BCUT2D eigenvalue weighted by Gasteiger charge is -2.11. The van der Waals surface area contributed by atoms with Gasteiger partial charge in [-0.25, -0.2) is 0 Å². The van der Waals surface area contributed by atoms with Crippen LogP contribution < -0.4 is 8.92 Å². The molecule has 6 heteroatoms. The number of ketones is 1. The van der Waals surface area contributed by atoms with Gasteiger partial charge in [-0.05, 0) is 42.8 Å². The van der Waals surface area contributed by atoms with Crippen LogP contribution in [0.25, 0.3) is 6.08 Å². The number of aryl methyl sites for hydroxylation is 1.